The number of carboxylic acid groups (broad SMARTS) is 1. The van der Waals surface area contributed by atoms with E-state index in [-0.39, 0.29) is 17.9 Å². The fourth-order valence-electron chi connectivity index (χ4n) is 6.17. The van der Waals surface area contributed by atoms with Crippen molar-refractivity contribution in [2.45, 2.75) is 24.1 Å². The number of nitrogens with one attached hydrogen (secondary N) is 3. The Kier molecular flexibility index (Phi) is 11.5. The highest BCUT2D eigenvalue weighted by Gasteiger charge is 2.42. The van der Waals surface area contributed by atoms with Crippen molar-refractivity contribution in [3.63, 3.8) is 0 Å². The van der Waals surface area contributed by atoms with Crippen LogP contribution in [0.15, 0.2) is 110 Å². The van der Waals surface area contributed by atoms with Gasteiger partial charge in [0.2, 0.25) is 0 Å². The van der Waals surface area contributed by atoms with Crippen molar-refractivity contribution in [3.05, 3.63) is 133 Å². The van der Waals surface area contributed by atoms with Crippen molar-refractivity contribution in [2.24, 2.45) is 16.2 Å². The van der Waals surface area contributed by atoms with Gasteiger partial charge in [0.1, 0.15) is 28.5 Å². The van der Waals surface area contributed by atoms with E-state index in [9.17, 15) is 45.0 Å². The summed E-state index contributed by atoms with van der Waals surface area (Å²) in [5.74, 6) is -4.44. The number of nitriles is 2. The van der Waals surface area contributed by atoms with Crippen LogP contribution in [0.4, 0.5) is 0 Å². The molecule has 0 radical (unpaired) electrons. The standard InChI is InChI=1S/C40H28N8O9S2/c41-13-25-31(49)29-27(18-58-38(29)47-35(25)51)22-8-4-20(5-9-22)15-45-56-33(37(53)44-17-24-3-1-2-12-43-24)34(40(54)55)57-46-16-21-6-10-23(11-7-21)28-19-59-39-30(28)32(50)26(14-42)36(52)48-39/h1-12,15-16,18-19,30,33-34,39,50H,17H2,(H,44,53)(H,48,52)(H,54,55)(H2,47,49,51). The molecule has 2 aliphatic rings. The topological polar surface area (TPSA) is 272 Å². The van der Waals surface area contributed by atoms with Gasteiger partial charge in [-0.1, -0.05) is 64.9 Å². The smallest absolute Gasteiger partial charge is 0.352 e. The van der Waals surface area contributed by atoms with Crippen LogP contribution in [-0.4, -0.2) is 73.1 Å². The summed E-state index contributed by atoms with van der Waals surface area (Å²) in [6, 6.07) is 22.0. The van der Waals surface area contributed by atoms with Crippen molar-refractivity contribution < 1.29 is 39.4 Å². The first-order valence-corrected chi connectivity index (χ1v) is 19.2. The average molecular weight is 829 g/mol. The number of nitrogens with zero attached hydrogens (tertiary/aromatic N) is 5. The van der Waals surface area contributed by atoms with Gasteiger partial charge < -0.3 is 40.6 Å². The number of aliphatic hydroxyl groups is 1. The van der Waals surface area contributed by atoms with E-state index in [1.165, 1.54) is 41.7 Å². The van der Waals surface area contributed by atoms with Crippen LogP contribution in [0.25, 0.3) is 26.9 Å². The van der Waals surface area contributed by atoms with E-state index in [0.717, 1.165) is 0 Å². The second-order valence-corrected chi connectivity index (χ2v) is 14.6. The summed E-state index contributed by atoms with van der Waals surface area (Å²) in [7, 11) is 0. The molecule has 0 spiro atoms. The molecule has 4 unspecified atom stereocenters. The minimum Gasteiger partial charge on any atom is -0.510 e. The fraction of sp³-hybridized carbons (Fsp3) is 0.125. The van der Waals surface area contributed by atoms with Crippen LogP contribution in [0.3, 0.4) is 0 Å². The maximum absolute atomic E-state index is 13.4. The number of thiophene rings is 1. The van der Waals surface area contributed by atoms with Crippen LogP contribution in [0.1, 0.15) is 27.9 Å². The number of hydrogen-bond acceptors (Lipinski definition) is 15. The number of carboxylic acids is 1. The number of rotatable bonds is 13. The van der Waals surface area contributed by atoms with E-state index < -0.39 is 58.2 Å². The first-order valence-electron chi connectivity index (χ1n) is 17.3. The van der Waals surface area contributed by atoms with Gasteiger partial charge in [0, 0.05) is 17.1 Å². The molecule has 2 amide bonds. The summed E-state index contributed by atoms with van der Waals surface area (Å²) in [6.45, 7) is -0.0580. The molecule has 2 aliphatic heterocycles. The number of carbonyl (C=O) groups excluding carboxylic acids is 2. The van der Waals surface area contributed by atoms with Crippen molar-refractivity contribution in [1.29, 1.82) is 10.5 Å². The number of amides is 2. The Bertz CT molecular complexity index is 2730. The average Bonchev–Trinajstić information content (AvgIpc) is 3.86. The van der Waals surface area contributed by atoms with E-state index >= 15 is 0 Å². The Balaban J connectivity index is 1.06. The Labute approximate surface area is 341 Å². The number of aromatic nitrogens is 2. The summed E-state index contributed by atoms with van der Waals surface area (Å²) in [5, 5.41) is 66.5. The fourth-order valence-corrected chi connectivity index (χ4v) is 8.32. The Hall–Kier alpha value is -7.74. The van der Waals surface area contributed by atoms with E-state index in [2.05, 4.69) is 30.9 Å². The molecule has 5 aromatic rings. The lowest BCUT2D eigenvalue weighted by Crippen LogP contribution is -2.47. The lowest BCUT2D eigenvalue weighted by atomic mass is 9.87. The zero-order valence-corrected chi connectivity index (χ0v) is 31.7. The number of benzene rings is 2. The summed E-state index contributed by atoms with van der Waals surface area (Å²) in [5.41, 5.74) is 2.63. The number of carbonyl (C=O) groups is 3. The zero-order chi connectivity index (χ0) is 41.6. The van der Waals surface area contributed by atoms with Gasteiger partial charge in [0.25, 0.3) is 29.6 Å². The Morgan fingerprint density at radius 1 is 0.949 bits per heavy atom. The minimum absolute atomic E-state index is 0.0580. The van der Waals surface area contributed by atoms with Gasteiger partial charge in [0.15, 0.2) is 11.1 Å². The van der Waals surface area contributed by atoms with Crippen LogP contribution < -0.4 is 16.2 Å². The number of H-pyrrole nitrogens is 1. The molecule has 0 saturated carbocycles. The van der Waals surface area contributed by atoms with Crippen molar-refractivity contribution in [1.82, 2.24) is 20.6 Å². The summed E-state index contributed by atoms with van der Waals surface area (Å²) in [6.07, 6.45) is 0.206. The van der Waals surface area contributed by atoms with Crippen LogP contribution in [0.5, 0.6) is 5.75 Å². The molecule has 0 saturated heterocycles. The van der Waals surface area contributed by atoms with Gasteiger partial charge in [-0.05, 0) is 45.4 Å². The minimum atomic E-state index is -1.97. The molecular formula is C40H28N8O9S2. The van der Waals surface area contributed by atoms with Crippen LogP contribution >= 0.6 is 23.1 Å². The third-order valence-electron chi connectivity index (χ3n) is 9.14. The van der Waals surface area contributed by atoms with E-state index in [4.69, 9.17) is 9.68 Å². The number of aromatic hydroxyl groups is 1. The van der Waals surface area contributed by atoms with E-state index in [0.29, 0.717) is 49.3 Å². The molecule has 6 N–H and O–H groups in total. The first-order chi connectivity index (χ1) is 28.6. The normalized spacial score (nSPS) is 17.1. The van der Waals surface area contributed by atoms with Crippen molar-refractivity contribution in [2.75, 3.05) is 0 Å². The second-order valence-electron chi connectivity index (χ2n) is 12.7. The predicted molar refractivity (Wildman–Crippen MR) is 216 cm³/mol. The predicted octanol–water partition coefficient (Wildman–Crippen LogP) is 4.26. The third-order valence-corrected chi connectivity index (χ3v) is 11.1. The van der Waals surface area contributed by atoms with Crippen LogP contribution in [-0.2, 0) is 30.6 Å². The molecule has 5 heterocycles. The number of thioether (sulfide) groups is 1. The Morgan fingerprint density at radius 2 is 1.63 bits per heavy atom. The molecule has 59 heavy (non-hydrogen) atoms. The third kappa shape index (κ3) is 8.23. The molecule has 4 atom stereocenters. The molecule has 2 aromatic carbocycles. The molecule has 19 heteroatoms. The van der Waals surface area contributed by atoms with E-state index in [1.807, 2.05) is 0 Å². The quantitative estimate of drug-likeness (QED) is 0.0716. The first kappa shape index (κ1) is 39.5. The van der Waals surface area contributed by atoms with Crippen LogP contribution in [0, 0.1) is 28.6 Å². The van der Waals surface area contributed by atoms with Gasteiger partial charge in [-0.2, -0.15) is 10.5 Å². The highest BCUT2D eigenvalue weighted by atomic mass is 32.2. The number of aromatic amines is 1. The maximum Gasteiger partial charge on any atom is 0.352 e. The maximum atomic E-state index is 13.4. The van der Waals surface area contributed by atoms with Crippen molar-refractivity contribution in [3.8, 4) is 29.0 Å². The summed E-state index contributed by atoms with van der Waals surface area (Å²) >= 11 is 2.49. The molecule has 0 fully saturated rings. The highest BCUT2D eigenvalue weighted by Crippen LogP contribution is 2.46. The number of oxime groups is 2. The lowest BCUT2D eigenvalue weighted by Gasteiger charge is -2.27. The van der Waals surface area contributed by atoms with Crippen molar-refractivity contribution >= 4 is 69.1 Å². The van der Waals surface area contributed by atoms with Gasteiger partial charge in [-0.25, -0.2) is 4.79 Å². The van der Waals surface area contributed by atoms with Crippen LogP contribution in [0.2, 0.25) is 0 Å². The number of hydrogen-bond donors (Lipinski definition) is 6. The molecule has 294 valence electrons. The molecule has 0 bridgehead atoms. The number of aliphatic hydroxyl groups excluding tert-OH is 1. The van der Waals surface area contributed by atoms with Gasteiger partial charge >= 0.3 is 5.97 Å². The highest BCUT2D eigenvalue weighted by molar-refractivity contribution is 8.03. The van der Waals surface area contributed by atoms with Gasteiger partial charge in [-0.15, -0.1) is 23.1 Å². The lowest BCUT2D eigenvalue weighted by molar-refractivity contribution is -0.168. The number of pyridine rings is 2. The molecule has 3 aromatic heterocycles. The Morgan fingerprint density at radius 3 is 2.25 bits per heavy atom. The van der Waals surface area contributed by atoms with E-state index in [1.54, 1.807) is 89.7 Å². The second kappa shape index (κ2) is 17.2. The number of aliphatic carboxylic acids is 1. The molecular weight excluding hydrogens is 801 g/mol. The zero-order valence-electron chi connectivity index (χ0n) is 30.1. The molecule has 7 rings (SSSR count). The summed E-state index contributed by atoms with van der Waals surface area (Å²) < 4.78 is 0. The number of fused-ring (bicyclic) bond motifs is 2. The SMILES string of the molecule is N#CC1=C(O)C2C(c3ccc(C=NOC(C(=O)O)C(ON=Cc4ccc(-c5csc6[nH]c(=O)c(C#N)c(O)c56)cc4)C(=O)NCc4ccccn4)cc3)=CSC2NC1=O. The largest absolute Gasteiger partial charge is 0.510 e. The summed E-state index contributed by atoms with van der Waals surface area (Å²) in [4.78, 5) is 68.0. The van der Waals surface area contributed by atoms with Gasteiger partial charge in [0.05, 0.1) is 41.3 Å². The monoisotopic (exact) mass is 828 g/mol. The molecule has 17 nitrogen and oxygen atoms in total. The van der Waals surface area contributed by atoms with Gasteiger partial charge in [-0.3, -0.25) is 19.4 Å². The molecule has 0 aliphatic carbocycles.